The van der Waals surface area contributed by atoms with Gasteiger partial charge in [-0.05, 0) is 30.5 Å². The molecule has 0 spiro atoms. The summed E-state index contributed by atoms with van der Waals surface area (Å²) in [6.07, 6.45) is 17.9. The lowest BCUT2D eigenvalue weighted by atomic mass is 9.96. The molecule has 0 fully saturated rings. The van der Waals surface area contributed by atoms with Gasteiger partial charge < -0.3 is 14.3 Å². The van der Waals surface area contributed by atoms with Gasteiger partial charge in [-0.25, -0.2) is 0 Å². The Morgan fingerprint density at radius 3 is 1.82 bits per heavy atom. The normalized spacial score (nSPS) is 14.3. The zero-order chi connectivity index (χ0) is 25.2. The third-order valence-corrected chi connectivity index (χ3v) is 11.8. The summed E-state index contributed by atoms with van der Waals surface area (Å²) in [6.45, 7) is 15.8. The van der Waals surface area contributed by atoms with Crippen LogP contribution in [0.2, 0.25) is 18.1 Å². The Bertz CT molecular complexity index is 473. The van der Waals surface area contributed by atoms with Crippen LogP contribution in [0.4, 0.5) is 0 Å². The van der Waals surface area contributed by atoms with Crippen LogP contribution in [0.1, 0.15) is 131 Å². The van der Waals surface area contributed by atoms with E-state index in [9.17, 15) is 9.90 Å². The van der Waals surface area contributed by atoms with E-state index in [-0.39, 0.29) is 24.2 Å². The summed E-state index contributed by atoms with van der Waals surface area (Å²) in [5.74, 6) is 0.665. The van der Waals surface area contributed by atoms with E-state index in [0.29, 0.717) is 6.42 Å². The van der Waals surface area contributed by atoms with Gasteiger partial charge in [0, 0.05) is 6.42 Å². The number of esters is 1. The summed E-state index contributed by atoms with van der Waals surface area (Å²) in [5, 5.41) is 10.2. The van der Waals surface area contributed by atoms with Crippen LogP contribution >= 0.6 is 0 Å². The molecule has 0 unspecified atom stereocenters. The van der Waals surface area contributed by atoms with Crippen LogP contribution in [0, 0.1) is 5.92 Å². The molecule has 4 nitrogen and oxygen atoms in total. The largest absolute Gasteiger partial charge is 0.463 e. The fourth-order valence-electron chi connectivity index (χ4n) is 3.72. The van der Waals surface area contributed by atoms with E-state index in [2.05, 4.69) is 47.7 Å². The van der Waals surface area contributed by atoms with Gasteiger partial charge in [-0.3, -0.25) is 4.79 Å². The molecule has 2 atom stereocenters. The average molecular weight is 487 g/mol. The Hall–Kier alpha value is -0.393. The number of aliphatic hydroxyl groups is 1. The van der Waals surface area contributed by atoms with Crippen molar-refractivity contribution in [2.24, 2.45) is 5.92 Å². The molecule has 0 heterocycles. The predicted molar refractivity (Wildman–Crippen MR) is 144 cm³/mol. The summed E-state index contributed by atoms with van der Waals surface area (Å²) in [4.78, 5) is 11.9. The van der Waals surface area contributed by atoms with E-state index in [0.717, 1.165) is 18.8 Å². The van der Waals surface area contributed by atoms with Crippen molar-refractivity contribution in [3.05, 3.63) is 0 Å². The van der Waals surface area contributed by atoms with Crippen molar-refractivity contribution in [1.82, 2.24) is 0 Å². The van der Waals surface area contributed by atoms with Gasteiger partial charge in [0.1, 0.15) is 12.7 Å². The van der Waals surface area contributed by atoms with E-state index >= 15 is 0 Å². The minimum absolute atomic E-state index is 0.0321. The maximum atomic E-state index is 11.9. The van der Waals surface area contributed by atoms with Crippen molar-refractivity contribution < 1.29 is 19.1 Å². The third kappa shape index (κ3) is 18.6. The smallest absolute Gasteiger partial charge is 0.305 e. The Morgan fingerprint density at radius 1 is 0.818 bits per heavy atom. The van der Waals surface area contributed by atoms with Gasteiger partial charge in [0.05, 0.1) is 6.61 Å². The number of unbranched alkanes of at least 4 members (excludes halogenated alkanes) is 10. The topological polar surface area (TPSA) is 55.8 Å². The molecule has 0 amide bonds. The molecule has 0 aliphatic heterocycles. The Kier molecular flexibility index (Phi) is 18.6. The number of carbonyl (C=O) groups is 1. The zero-order valence-electron chi connectivity index (χ0n) is 23.3. The quantitative estimate of drug-likeness (QED) is 0.100. The first-order chi connectivity index (χ1) is 15.5. The van der Waals surface area contributed by atoms with Gasteiger partial charge in [0.2, 0.25) is 0 Å². The minimum Gasteiger partial charge on any atom is -0.463 e. The van der Waals surface area contributed by atoms with Crippen LogP contribution in [0.15, 0.2) is 0 Å². The first-order valence-electron chi connectivity index (χ1n) is 14.0. The number of ether oxygens (including phenoxy) is 1. The molecule has 0 saturated carbocycles. The first kappa shape index (κ1) is 32.6. The van der Waals surface area contributed by atoms with Gasteiger partial charge in [-0.15, -0.1) is 0 Å². The Labute approximate surface area is 207 Å². The first-order valence-corrected chi connectivity index (χ1v) is 16.9. The van der Waals surface area contributed by atoms with E-state index in [1.807, 2.05) is 0 Å². The van der Waals surface area contributed by atoms with E-state index in [1.165, 1.54) is 77.0 Å². The molecule has 1 N–H and O–H groups in total. The molecule has 0 aliphatic rings. The van der Waals surface area contributed by atoms with Gasteiger partial charge in [-0.2, -0.15) is 0 Å². The van der Waals surface area contributed by atoms with E-state index < -0.39 is 14.4 Å². The molecule has 0 aromatic rings. The average Bonchev–Trinajstić information content (AvgIpc) is 2.74. The molecule has 5 heteroatoms. The Morgan fingerprint density at radius 2 is 1.30 bits per heavy atom. The maximum absolute atomic E-state index is 11.9. The van der Waals surface area contributed by atoms with Gasteiger partial charge in [0.15, 0.2) is 8.32 Å². The van der Waals surface area contributed by atoms with Crippen molar-refractivity contribution in [3.63, 3.8) is 0 Å². The number of hydrogen-bond acceptors (Lipinski definition) is 4. The monoisotopic (exact) mass is 486 g/mol. The summed E-state index contributed by atoms with van der Waals surface area (Å²) < 4.78 is 11.2. The Balaban J connectivity index is 3.57. The molecule has 0 aromatic heterocycles. The molecule has 0 bridgehead atoms. The predicted octanol–water partition coefficient (Wildman–Crippen LogP) is 8.42. The highest BCUT2D eigenvalue weighted by atomic mass is 28.4. The summed E-state index contributed by atoms with van der Waals surface area (Å²) in [5.41, 5.74) is 0. The highest BCUT2D eigenvalue weighted by Gasteiger charge is 2.37. The number of aliphatic hydroxyl groups excluding tert-OH is 1. The zero-order valence-corrected chi connectivity index (χ0v) is 24.3. The fourth-order valence-corrected chi connectivity index (χ4v) is 4.76. The second-order valence-electron chi connectivity index (χ2n) is 11.7. The van der Waals surface area contributed by atoms with Crippen molar-refractivity contribution >= 4 is 14.3 Å². The fraction of sp³-hybridized carbons (Fsp3) is 0.964. The minimum atomic E-state index is -1.88. The second-order valence-corrected chi connectivity index (χ2v) is 16.5. The van der Waals surface area contributed by atoms with Crippen molar-refractivity contribution in [3.8, 4) is 0 Å². The van der Waals surface area contributed by atoms with E-state index in [1.54, 1.807) is 0 Å². The van der Waals surface area contributed by atoms with E-state index in [4.69, 9.17) is 9.16 Å². The van der Waals surface area contributed by atoms with Crippen molar-refractivity contribution in [2.45, 2.75) is 155 Å². The second kappa shape index (κ2) is 18.9. The highest BCUT2D eigenvalue weighted by Crippen LogP contribution is 2.36. The van der Waals surface area contributed by atoms with Crippen molar-refractivity contribution in [2.75, 3.05) is 13.2 Å². The summed E-state index contributed by atoms with van der Waals surface area (Å²) >= 11 is 0. The summed E-state index contributed by atoms with van der Waals surface area (Å²) in [6, 6.07) is 0. The lowest BCUT2D eigenvalue weighted by Gasteiger charge is -2.36. The SMILES string of the molecule is CCCCCCCC[C@@H](C)CCCCCCCCC(=O)OC[C@@H](O)CO[Si](C)(C)C(C)(C)C. The van der Waals surface area contributed by atoms with Crippen LogP contribution in [-0.2, 0) is 14.0 Å². The van der Waals surface area contributed by atoms with Crippen LogP contribution in [0.3, 0.4) is 0 Å². The highest BCUT2D eigenvalue weighted by molar-refractivity contribution is 6.74. The molecule has 0 saturated heterocycles. The van der Waals surface area contributed by atoms with Crippen LogP contribution in [0.25, 0.3) is 0 Å². The maximum Gasteiger partial charge on any atom is 0.305 e. The lowest BCUT2D eigenvalue weighted by molar-refractivity contribution is -0.147. The third-order valence-electron chi connectivity index (χ3n) is 7.26. The molecule has 0 radical (unpaired) electrons. The molecular weight excluding hydrogens is 428 g/mol. The van der Waals surface area contributed by atoms with Gasteiger partial charge >= 0.3 is 5.97 Å². The molecular formula is C28H58O4Si. The summed E-state index contributed by atoms with van der Waals surface area (Å²) in [7, 11) is -1.88. The van der Waals surface area contributed by atoms with Crippen LogP contribution in [-0.4, -0.2) is 38.7 Å². The molecule has 33 heavy (non-hydrogen) atoms. The van der Waals surface area contributed by atoms with Crippen LogP contribution in [0.5, 0.6) is 0 Å². The number of rotatable bonds is 21. The number of carbonyl (C=O) groups excluding carboxylic acids is 1. The van der Waals surface area contributed by atoms with Gasteiger partial charge in [-0.1, -0.05) is 118 Å². The standard InChI is InChI=1S/C28H58O4Si/c1-8-9-10-11-14-17-20-25(2)21-18-15-12-13-16-19-22-27(30)31-23-26(29)24-32-33(6,7)28(3,4)5/h25-26,29H,8-24H2,1-7H3/t25-,26-/m1/s1. The molecule has 0 rings (SSSR count). The molecule has 0 aromatic carbocycles. The van der Waals surface area contributed by atoms with Gasteiger partial charge in [0.25, 0.3) is 0 Å². The molecule has 198 valence electrons. The number of hydrogen-bond donors (Lipinski definition) is 1. The van der Waals surface area contributed by atoms with Crippen molar-refractivity contribution in [1.29, 1.82) is 0 Å². The molecule has 0 aliphatic carbocycles. The lowest BCUT2D eigenvalue weighted by Crippen LogP contribution is -2.43. The van der Waals surface area contributed by atoms with Crippen LogP contribution < -0.4 is 0 Å².